The highest BCUT2D eigenvalue weighted by molar-refractivity contribution is 7.87. The molecular formula is C11H21NO5S. The molecule has 1 unspecified atom stereocenters. The lowest BCUT2D eigenvalue weighted by Crippen LogP contribution is -2.38. The van der Waals surface area contributed by atoms with Crippen LogP contribution in [0.5, 0.6) is 0 Å². The summed E-state index contributed by atoms with van der Waals surface area (Å²) in [5.74, 6) is -0.470. The molecule has 0 aliphatic carbocycles. The lowest BCUT2D eigenvalue weighted by atomic mass is 10.1. The molecule has 7 heteroatoms. The number of unbranched alkanes of at least 4 members (excludes halogenated alkanes) is 4. The molecule has 18 heavy (non-hydrogen) atoms. The topological polar surface area (TPSA) is 101 Å². The van der Waals surface area contributed by atoms with Gasteiger partial charge in [-0.1, -0.05) is 12.8 Å². The monoisotopic (exact) mass is 279 g/mol. The molecule has 0 aliphatic rings. The number of ketones is 1. The largest absolute Gasteiger partial charge is 0.318 e. The molecule has 106 valence electrons. The Morgan fingerprint density at radius 2 is 1.89 bits per heavy atom. The Balaban J connectivity index is 4.01. The van der Waals surface area contributed by atoms with Gasteiger partial charge in [-0.3, -0.25) is 9.35 Å². The summed E-state index contributed by atoms with van der Waals surface area (Å²) in [5.41, 5.74) is 0. The van der Waals surface area contributed by atoms with E-state index in [2.05, 4.69) is 5.32 Å². The van der Waals surface area contributed by atoms with Crippen molar-refractivity contribution in [2.75, 3.05) is 13.6 Å². The van der Waals surface area contributed by atoms with E-state index in [9.17, 15) is 18.0 Å². The van der Waals surface area contributed by atoms with Gasteiger partial charge in [0, 0.05) is 19.4 Å². The third-order valence-corrected chi connectivity index (χ3v) is 3.75. The predicted molar refractivity (Wildman–Crippen MR) is 68.0 cm³/mol. The number of rotatable bonds is 11. The van der Waals surface area contributed by atoms with Gasteiger partial charge in [-0.2, -0.15) is 8.42 Å². The van der Waals surface area contributed by atoms with E-state index >= 15 is 0 Å². The molecule has 0 bridgehead atoms. The second kappa shape index (κ2) is 9.18. The van der Waals surface area contributed by atoms with E-state index in [0.717, 1.165) is 25.5 Å². The minimum atomic E-state index is -4.34. The van der Waals surface area contributed by atoms with Crippen LogP contribution in [0.2, 0.25) is 0 Å². The van der Waals surface area contributed by atoms with Crippen LogP contribution in [-0.4, -0.2) is 43.9 Å². The summed E-state index contributed by atoms with van der Waals surface area (Å²) in [6.07, 6.45) is 4.48. The lowest BCUT2D eigenvalue weighted by molar-refractivity contribution is -0.118. The molecule has 0 aromatic carbocycles. The second-order valence-electron chi connectivity index (χ2n) is 4.15. The van der Waals surface area contributed by atoms with E-state index in [-0.39, 0.29) is 13.0 Å². The van der Waals surface area contributed by atoms with Crippen molar-refractivity contribution in [3.05, 3.63) is 0 Å². The number of carbonyl (C=O) groups excluding carboxylic acids is 2. The SMILES string of the molecule is CNCC(C(=O)CCCCCCC=O)S(=O)(=O)O. The zero-order valence-corrected chi connectivity index (χ0v) is 11.4. The molecule has 1 atom stereocenters. The van der Waals surface area contributed by atoms with Crippen molar-refractivity contribution in [3.63, 3.8) is 0 Å². The van der Waals surface area contributed by atoms with Gasteiger partial charge in [-0.25, -0.2) is 0 Å². The molecule has 0 heterocycles. The second-order valence-corrected chi connectivity index (χ2v) is 5.75. The third kappa shape index (κ3) is 7.52. The summed E-state index contributed by atoms with van der Waals surface area (Å²) < 4.78 is 30.9. The molecule has 0 saturated heterocycles. The summed E-state index contributed by atoms with van der Waals surface area (Å²) in [5, 5.41) is 1.20. The van der Waals surface area contributed by atoms with E-state index in [4.69, 9.17) is 4.55 Å². The highest BCUT2D eigenvalue weighted by Crippen LogP contribution is 2.09. The number of carbonyl (C=O) groups is 2. The normalized spacial score (nSPS) is 13.2. The van der Waals surface area contributed by atoms with Gasteiger partial charge in [0.25, 0.3) is 10.1 Å². The minimum Gasteiger partial charge on any atom is -0.318 e. The molecule has 6 nitrogen and oxygen atoms in total. The first-order chi connectivity index (χ1) is 8.43. The van der Waals surface area contributed by atoms with Gasteiger partial charge in [0.2, 0.25) is 0 Å². The fourth-order valence-corrected chi connectivity index (χ4v) is 2.44. The Kier molecular flexibility index (Phi) is 8.78. The van der Waals surface area contributed by atoms with Crippen molar-refractivity contribution in [3.8, 4) is 0 Å². The molecule has 0 spiro atoms. The Hall–Kier alpha value is -0.790. The average Bonchev–Trinajstić information content (AvgIpc) is 2.28. The molecule has 0 fully saturated rings. The van der Waals surface area contributed by atoms with Crippen molar-refractivity contribution in [2.45, 2.75) is 43.8 Å². The van der Waals surface area contributed by atoms with Gasteiger partial charge in [-0.15, -0.1) is 0 Å². The number of hydrogen-bond acceptors (Lipinski definition) is 5. The minimum absolute atomic E-state index is 0.0805. The van der Waals surface area contributed by atoms with Gasteiger partial charge in [0.1, 0.15) is 6.29 Å². The summed E-state index contributed by atoms with van der Waals surface area (Å²) in [6, 6.07) is 0. The van der Waals surface area contributed by atoms with E-state index in [1.54, 1.807) is 0 Å². The maximum absolute atomic E-state index is 11.6. The Labute approximate surface area is 108 Å². The molecule has 2 N–H and O–H groups in total. The lowest BCUT2D eigenvalue weighted by Gasteiger charge is -2.11. The summed E-state index contributed by atoms with van der Waals surface area (Å²) >= 11 is 0. The van der Waals surface area contributed by atoms with Crippen LogP contribution in [0.15, 0.2) is 0 Å². The Bertz CT molecular complexity index is 352. The highest BCUT2D eigenvalue weighted by Gasteiger charge is 2.29. The van der Waals surface area contributed by atoms with Crippen molar-refractivity contribution in [2.24, 2.45) is 0 Å². The van der Waals surface area contributed by atoms with E-state index < -0.39 is 21.2 Å². The van der Waals surface area contributed by atoms with Gasteiger partial charge < -0.3 is 10.1 Å². The van der Waals surface area contributed by atoms with Crippen molar-refractivity contribution < 1.29 is 22.6 Å². The maximum Gasteiger partial charge on any atom is 0.276 e. The third-order valence-electron chi connectivity index (χ3n) is 2.60. The van der Waals surface area contributed by atoms with Crippen LogP contribution in [0.3, 0.4) is 0 Å². The van der Waals surface area contributed by atoms with Crippen molar-refractivity contribution in [1.82, 2.24) is 5.32 Å². The zero-order valence-electron chi connectivity index (χ0n) is 10.6. The zero-order chi connectivity index (χ0) is 14.0. The summed E-state index contributed by atoms with van der Waals surface area (Å²) in [6.45, 7) is -0.0805. The molecule has 0 rings (SSSR count). The van der Waals surface area contributed by atoms with E-state index in [0.29, 0.717) is 12.8 Å². The molecule has 0 aliphatic heterocycles. The number of Topliss-reactive ketones (excluding diaryl/α,β-unsaturated/α-hetero) is 1. The Morgan fingerprint density at radius 1 is 1.28 bits per heavy atom. The smallest absolute Gasteiger partial charge is 0.276 e. The van der Waals surface area contributed by atoms with Gasteiger partial charge in [0.05, 0.1) is 0 Å². The van der Waals surface area contributed by atoms with E-state index in [1.165, 1.54) is 7.05 Å². The van der Waals surface area contributed by atoms with Crippen LogP contribution in [-0.2, 0) is 19.7 Å². The van der Waals surface area contributed by atoms with Gasteiger partial charge in [0.15, 0.2) is 11.0 Å². The molecule has 0 amide bonds. The number of aldehydes is 1. The van der Waals surface area contributed by atoms with E-state index in [1.807, 2.05) is 0 Å². The first-order valence-corrected chi connectivity index (χ1v) is 7.51. The van der Waals surface area contributed by atoms with Gasteiger partial charge >= 0.3 is 0 Å². The molecule has 0 radical (unpaired) electrons. The predicted octanol–water partition coefficient (Wildman–Crippen LogP) is 0.571. The van der Waals surface area contributed by atoms with Gasteiger partial charge in [-0.05, 0) is 19.9 Å². The van der Waals surface area contributed by atoms with Crippen LogP contribution < -0.4 is 5.32 Å². The van der Waals surface area contributed by atoms with Crippen LogP contribution in [0.1, 0.15) is 38.5 Å². The maximum atomic E-state index is 11.6. The quantitative estimate of drug-likeness (QED) is 0.326. The van der Waals surface area contributed by atoms with Crippen molar-refractivity contribution >= 4 is 22.2 Å². The summed E-state index contributed by atoms with van der Waals surface area (Å²) in [4.78, 5) is 21.7. The Morgan fingerprint density at radius 3 is 2.39 bits per heavy atom. The van der Waals surface area contributed by atoms with Crippen LogP contribution in [0.25, 0.3) is 0 Å². The molecule has 0 aromatic rings. The highest BCUT2D eigenvalue weighted by atomic mass is 32.2. The molecular weight excluding hydrogens is 258 g/mol. The summed E-state index contributed by atoms with van der Waals surface area (Å²) in [7, 11) is -2.82. The standard InChI is InChI=1S/C11H21NO5S/c1-12-9-11(18(15,16)17)10(14)7-5-3-2-4-6-8-13/h8,11-12H,2-7,9H2,1H3,(H,15,16,17). The van der Waals surface area contributed by atoms with Crippen LogP contribution in [0.4, 0.5) is 0 Å². The van der Waals surface area contributed by atoms with Crippen LogP contribution in [0, 0.1) is 0 Å². The van der Waals surface area contributed by atoms with Crippen LogP contribution >= 0.6 is 0 Å². The fourth-order valence-electron chi connectivity index (χ4n) is 1.61. The average molecular weight is 279 g/mol. The molecule has 0 saturated carbocycles. The fraction of sp³-hybridized carbons (Fsp3) is 0.818. The number of hydrogen-bond donors (Lipinski definition) is 2. The first-order valence-electron chi connectivity index (χ1n) is 6.00. The molecule has 0 aromatic heterocycles. The number of nitrogens with one attached hydrogen (secondary N) is 1. The van der Waals surface area contributed by atoms with Crippen molar-refractivity contribution in [1.29, 1.82) is 0 Å². The first kappa shape index (κ1) is 17.2.